The third-order valence-corrected chi connectivity index (χ3v) is 10.1. The Morgan fingerprint density at radius 2 is 1.20 bits per heavy atom. The molecule has 1 aliphatic carbocycles. The van der Waals surface area contributed by atoms with E-state index in [1.54, 1.807) is 0 Å². The highest BCUT2D eigenvalue weighted by atomic mass is 16.3. The fourth-order valence-corrected chi connectivity index (χ4v) is 7.56. The second kappa shape index (κ2) is 12.7. The lowest BCUT2D eigenvalue weighted by Crippen LogP contribution is -2.13. The second-order valence-electron chi connectivity index (χ2n) is 13.1. The van der Waals surface area contributed by atoms with Crippen LogP contribution in [0.2, 0.25) is 0 Å². The molecule has 1 N–H and O–H groups in total. The molecule has 1 aromatic heterocycles. The molecular weight excluding hydrogens is 621 g/mol. The number of para-hydroxylation sites is 1. The standard InChI is InChI=1S/C48H36N2O/c1-33-41-27-23-38(34-13-5-2-6-14-34)32-47(41)49(30-29-42(48(33)51)36-15-7-3-8-16-36)39-25-21-35(22-26-39)37-24-28-46-44(31-37)43-19-11-12-20-45(43)50(46)40-17-9-4-10-18-40/h2-11,13-19,21-32,51H,1,12,20H2/b30-29-,48-42-. The van der Waals surface area contributed by atoms with Crippen LogP contribution in [0.3, 0.4) is 0 Å². The van der Waals surface area contributed by atoms with Crippen LogP contribution in [0.1, 0.15) is 28.8 Å². The SMILES string of the molecule is C=C1/C(O)=C(c2ccccc2)\C=C/N(c2ccc(-c3ccc4c(c3)c3c(n4-c4ccccc4)CCC=C3)cc2)c2cc(-c3ccccc3)ccc21. The Balaban J connectivity index is 1.15. The van der Waals surface area contributed by atoms with Gasteiger partial charge in [0.25, 0.3) is 0 Å². The van der Waals surface area contributed by atoms with Crippen molar-refractivity contribution in [2.75, 3.05) is 4.90 Å². The van der Waals surface area contributed by atoms with E-state index in [1.165, 1.54) is 33.4 Å². The van der Waals surface area contributed by atoms with Gasteiger partial charge in [0.2, 0.25) is 0 Å². The van der Waals surface area contributed by atoms with E-state index >= 15 is 0 Å². The van der Waals surface area contributed by atoms with Crippen LogP contribution in [0.4, 0.5) is 11.4 Å². The van der Waals surface area contributed by atoms with Crippen LogP contribution in [0.15, 0.2) is 182 Å². The number of aliphatic hydroxyl groups is 1. The summed E-state index contributed by atoms with van der Waals surface area (Å²) in [6, 6.07) is 53.1. The highest BCUT2D eigenvalue weighted by molar-refractivity contribution is 5.98. The Hall–Kier alpha value is -6.58. The summed E-state index contributed by atoms with van der Waals surface area (Å²) in [5.74, 6) is 0.176. The zero-order chi connectivity index (χ0) is 34.3. The maximum atomic E-state index is 11.6. The molecule has 0 atom stereocenters. The van der Waals surface area contributed by atoms with Gasteiger partial charge in [-0.2, -0.15) is 0 Å². The Morgan fingerprint density at radius 1 is 0.569 bits per heavy atom. The monoisotopic (exact) mass is 656 g/mol. The summed E-state index contributed by atoms with van der Waals surface area (Å²) >= 11 is 0. The minimum atomic E-state index is 0.176. The number of benzene rings is 6. The van der Waals surface area contributed by atoms with Gasteiger partial charge >= 0.3 is 0 Å². The van der Waals surface area contributed by atoms with Crippen molar-refractivity contribution in [3.8, 4) is 27.9 Å². The topological polar surface area (TPSA) is 28.4 Å². The Labute approximate surface area is 298 Å². The van der Waals surface area contributed by atoms with Crippen molar-refractivity contribution in [3.05, 3.63) is 205 Å². The molecule has 0 saturated heterocycles. The van der Waals surface area contributed by atoms with Gasteiger partial charge in [0, 0.05) is 50.9 Å². The van der Waals surface area contributed by atoms with E-state index in [9.17, 15) is 5.11 Å². The Morgan fingerprint density at radius 3 is 1.94 bits per heavy atom. The molecule has 0 unspecified atom stereocenters. The van der Waals surface area contributed by atoms with Gasteiger partial charge in [0.05, 0.1) is 11.2 Å². The molecule has 0 bridgehead atoms. The van der Waals surface area contributed by atoms with Crippen molar-refractivity contribution >= 4 is 39.5 Å². The lowest BCUT2D eigenvalue weighted by molar-refractivity contribution is 0.441. The summed E-state index contributed by atoms with van der Waals surface area (Å²) in [4.78, 5) is 2.20. The third-order valence-electron chi connectivity index (χ3n) is 10.1. The van der Waals surface area contributed by atoms with Crippen molar-refractivity contribution in [3.63, 3.8) is 0 Å². The first kappa shape index (κ1) is 30.5. The first-order valence-electron chi connectivity index (χ1n) is 17.5. The summed E-state index contributed by atoms with van der Waals surface area (Å²) in [7, 11) is 0. The number of anilines is 2. The summed E-state index contributed by atoms with van der Waals surface area (Å²) in [6.07, 6.45) is 10.7. The van der Waals surface area contributed by atoms with E-state index in [0.29, 0.717) is 5.57 Å². The first-order valence-corrected chi connectivity index (χ1v) is 17.5. The van der Waals surface area contributed by atoms with Crippen LogP contribution in [-0.4, -0.2) is 9.67 Å². The van der Waals surface area contributed by atoms with Crippen LogP contribution < -0.4 is 4.90 Å². The summed E-state index contributed by atoms with van der Waals surface area (Å²) < 4.78 is 2.43. The van der Waals surface area contributed by atoms with Crippen molar-refractivity contribution in [2.45, 2.75) is 12.8 Å². The predicted molar refractivity (Wildman–Crippen MR) is 214 cm³/mol. The molecule has 1 aliphatic heterocycles. The van der Waals surface area contributed by atoms with E-state index in [1.807, 2.05) is 42.5 Å². The van der Waals surface area contributed by atoms with Crippen molar-refractivity contribution in [1.82, 2.24) is 4.57 Å². The smallest absolute Gasteiger partial charge is 0.130 e. The van der Waals surface area contributed by atoms with E-state index in [4.69, 9.17) is 0 Å². The molecule has 7 aromatic rings. The number of hydrogen-bond donors (Lipinski definition) is 1. The van der Waals surface area contributed by atoms with Gasteiger partial charge in [0.15, 0.2) is 0 Å². The fraction of sp³-hybridized carbons (Fsp3) is 0.0417. The van der Waals surface area contributed by atoms with Gasteiger partial charge in [-0.3, -0.25) is 0 Å². The average Bonchev–Trinajstić information content (AvgIpc) is 3.53. The molecule has 6 aromatic carbocycles. The molecule has 0 saturated carbocycles. The largest absolute Gasteiger partial charge is 0.507 e. The summed E-state index contributed by atoms with van der Waals surface area (Å²) in [5, 5.41) is 12.8. The van der Waals surface area contributed by atoms with E-state index < -0.39 is 0 Å². The molecule has 9 rings (SSSR count). The zero-order valence-corrected chi connectivity index (χ0v) is 28.2. The van der Waals surface area contributed by atoms with Gasteiger partial charge in [-0.15, -0.1) is 0 Å². The molecule has 0 fully saturated rings. The van der Waals surface area contributed by atoms with Gasteiger partial charge in [-0.1, -0.05) is 128 Å². The van der Waals surface area contributed by atoms with E-state index in [0.717, 1.165) is 57.6 Å². The highest BCUT2D eigenvalue weighted by Gasteiger charge is 2.23. The van der Waals surface area contributed by atoms with Gasteiger partial charge in [-0.25, -0.2) is 0 Å². The van der Waals surface area contributed by atoms with Gasteiger partial charge in [-0.05, 0) is 89.2 Å². The minimum absolute atomic E-state index is 0.176. The van der Waals surface area contributed by atoms with Crippen LogP contribution in [0.5, 0.6) is 0 Å². The predicted octanol–water partition coefficient (Wildman–Crippen LogP) is 12.6. The number of rotatable bonds is 5. The summed E-state index contributed by atoms with van der Waals surface area (Å²) in [6.45, 7) is 4.40. The fourth-order valence-electron chi connectivity index (χ4n) is 7.56. The van der Waals surface area contributed by atoms with Crippen molar-refractivity contribution < 1.29 is 5.11 Å². The third kappa shape index (κ3) is 5.40. The van der Waals surface area contributed by atoms with Crippen LogP contribution in [0.25, 0.3) is 56.1 Å². The average molecular weight is 657 g/mol. The highest BCUT2D eigenvalue weighted by Crippen LogP contribution is 2.42. The van der Waals surface area contributed by atoms with Gasteiger partial charge in [0.1, 0.15) is 5.76 Å². The quantitative estimate of drug-likeness (QED) is 0.200. The molecule has 51 heavy (non-hydrogen) atoms. The van der Waals surface area contributed by atoms with Gasteiger partial charge < -0.3 is 14.6 Å². The van der Waals surface area contributed by atoms with Crippen molar-refractivity contribution in [1.29, 1.82) is 0 Å². The molecule has 244 valence electrons. The molecule has 0 radical (unpaired) electrons. The molecule has 2 aliphatic rings. The molecule has 0 amide bonds. The minimum Gasteiger partial charge on any atom is -0.507 e. The van der Waals surface area contributed by atoms with E-state index in [-0.39, 0.29) is 5.76 Å². The normalized spacial score (nSPS) is 16.0. The molecule has 3 heteroatoms. The zero-order valence-electron chi connectivity index (χ0n) is 28.2. The number of allylic oxidation sites excluding steroid dienone is 4. The lowest BCUT2D eigenvalue weighted by atomic mass is 9.92. The van der Waals surface area contributed by atoms with E-state index in [2.05, 4.69) is 150 Å². The number of aliphatic hydroxyl groups excluding tert-OH is 1. The number of fused-ring (bicyclic) bond motifs is 4. The Kier molecular flexibility index (Phi) is 7.59. The number of aromatic nitrogens is 1. The second-order valence-corrected chi connectivity index (χ2v) is 13.1. The molecule has 0 spiro atoms. The summed E-state index contributed by atoms with van der Waals surface area (Å²) in [5.41, 5.74) is 14.8. The number of hydrogen-bond acceptors (Lipinski definition) is 2. The number of nitrogens with zero attached hydrogens (tertiary/aromatic N) is 2. The maximum Gasteiger partial charge on any atom is 0.130 e. The van der Waals surface area contributed by atoms with Crippen LogP contribution in [0, 0.1) is 0 Å². The van der Waals surface area contributed by atoms with Crippen LogP contribution >= 0.6 is 0 Å². The lowest BCUT2D eigenvalue weighted by Gasteiger charge is -2.28. The maximum absolute atomic E-state index is 11.6. The Bertz CT molecular complexity index is 2520. The molecular formula is C48H36N2O. The molecule has 2 heterocycles. The first-order chi connectivity index (χ1) is 25.1. The molecule has 3 nitrogen and oxygen atoms in total. The van der Waals surface area contributed by atoms with Crippen LogP contribution in [-0.2, 0) is 6.42 Å². The van der Waals surface area contributed by atoms with Crippen molar-refractivity contribution in [2.24, 2.45) is 0 Å².